The number of aliphatic hydroxyl groups is 6. The lowest BCUT2D eigenvalue weighted by Crippen LogP contribution is -2.59. The van der Waals surface area contributed by atoms with Gasteiger partial charge in [-0.1, -0.05) is 104 Å². The molecule has 78 heavy (non-hydrogen) atoms. The molecule has 2 saturated carbocycles. The average molecular weight is 1070 g/mol. The summed E-state index contributed by atoms with van der Waals surface area (Å²) in [5.41, 5.74) is 21.8. The summed E-state index contributed by atoms with van der Waals surface area (Å²) in [6.45, 7) is 13.7. The van der Waals surface area contributed by atoms with Crippen LogP contribution >= 0.6 is 0 Å². The number of Topliss-reactive ketones (excluding diaryl/α,β-unsaturated/α-hetero) is 1. The molecular weight excluding hydrogens is 987 g/mol. The largest absolute Gasteiger partial charge is 0.508 e. The Morgan fingerprint density at radius 3 is 2.38 bits per heavy atom. The number of aliphatic imine (C=N–C) groups is 1. The zero-order valence-corrected chi connectivity index (χ0v) is 46.1. The molecule has 3 aromatic rings. The van der Waals surface area contributed by atoms with Crippen LogP contribution in [0.15, 0.2) is 130 Å². The number of nitrogens with two attached hydrogens (primary N) is 3. The van der Waals surface area contributed by atoms with E-state index in [1.165, 1.54) is 0 Å². The van der Waals surface area contributed by atoms with E-state index in [2.05, 4.69) is 27.5 Å². The number of rotatable bonds is 13. The highest BCUT2D eigenvalue weighted by Gasteiger charge is 2.64. The van der Waals surface area contributed by atoms with E-state index < -0.39 is 76.8 Å². The number of allylic oxidation sites excluding steroid dienone is 5. The van der Waals surface area contributed by atoms with E-state index in [1.807, 2.05) is 63.2 Å². The number of nitrogens with one attached hydrogen (secondary N) is 3. The van der Waals surface area contributed by atoms with Crippen molar-refractivity contribution in [1.82, 2.24) is 16.0 Å². The van der Waals surface area contributed by atoms with E-state index in [0.29, 0.717) is 78.5 Å². The van der Waals surface area contributed by atoms with E-state index >= 15 is 4.79 Å². The second-order valence-corrected chi connectivity index (χ2v) is 22.8. The number of hydrogen-bond donors (Lipinski definition) is 13. The molecule has 16 N–H and O–H groups in total. The predicted molar refractivity (Wildman–Crippen MR) is 304 cm³/mol. The smallest absolute Gasteiger partial charge is 0.243 e. The van der Waals surface area contributed by atoms with Crippen molar-refractivity contribution in [2.75, 3.05) is 26.2 Å². The average Bonchev–Trinajstić information content (AvgIpc) is 3.73. The van der Waals surface area contributed by atoms with Crippen LogP contribution in [0.3, 0.4) is 0 Å². The predicted octanol–water partition coefficient (Wildman–Crippen LogP) is 5.12. The van der Waals surface area contributed by atoms with E-state index in [1.54, 1.807) is 62.4 Å². The zero-order valence-electron chi connectivity index (χ0n) is 46.1. The van der Waals surface area contributed by atoms with Gasteiger partial charge in [0, 0.05) is 43.2 Å². The summed E-state index contributed by atoms with van der Waals surface area (Å²) in [4.78, 5) is 33.6. The highest BCUT2D eigenvalue weighted by atomic mass is 16.3. The molecule has 2 aliphatic carbocycles. The summed E-state index contributed by atoms with van der Waals surface area (Å²) >= 11 is 0. The van der Waals surface area contributed by atoms with Crippen molar-refractivity contribution in [2.45, 2.75) is 147 Å². The van der Waals surface area contributed by atoms with Crippen LogP contribution in [-0.2, 0) is 28.9 Å². The molecule has 16 nitrogen and oxygen atoms in total. The molecular formula is C62H85N7O9. The van der Waals surface area contributed by atoms with Crippen molar-refractivity contribution in [3.05, 3.63) is 159 Å². The number of fused-ring (bicyclic) bond motifs is 4. The molecule has 2 fully saturated rings. The van der Waals surface area contributed by atoms with Crippen LogP contribution in [0.4, 0.5) is 0 Å². The SMILES string of the molecule is C=C(/C=C/C=C(/CO)[C@H]1CC[C@@]2([C@@H]3CC[C@H](O)Cc4cccc(c4)C[C@H]([C@H](CN=C(N)N)c4ccc(O)cc4)[C@H](O)CN[C@H]4C(=O)N[C@@H](N)c5cccc(c54)CC(=O)/C(C)=C/3CC[C@@]2(C)O)[C@@H]1O)[C@](O)(CC=C(C)C)NCC. The lowest BCUT2D eigenvalue weighted by Gasteiger charge is -2.56. The Bertz CT molecular complexity index is 2800. The van der Waals surface area contributed by atoms with Gasteiger partial charge in [-0.15, -0.1) is 0 Å². The van der Waals surface area contributed by atoms with Gasteiger partial charge in [0.25, 0.3) is 0 Å². The second-order valence-electron chi connectivity index (χ2n) is 22.8. The number of amides is 1. The van der Waals surface area contributed by atoms with Crippen LogP contribution in [0.5, 0.6) is 5.75 Å². The molecule has 12 atom stereocenters. The number of guanidine groups is 1. The second kappa shape index (κ2) is 25.6. The van der Waals surface area contributed by atoms with Gasteiger partial charge in [-0.25, -0.2) is 0 Å². The number of aromatic hydroxyl groups is 1. The molecule has 7 rings (SSSR count). The van der Waals surface area contributed by atoms with Gasteiger partial charge in [0.2, 0.25) is 5.91 Å². The Kier molecular flexibility index (Phi) is 19.6. The van der Waals surface area contributed by atoms with Gasteiger partial charge in [0.05, 0.1) is 30.5 Å². The molecule has 16 heteroatoms. The third kappa shape index (κ3) is 13.1. The maximum Gasteiger partial charge on any atom is 0.243 e. The van der Waals surface area contributed by atoms with E-state index in [0.717, 1.165) is 27.8 Å². The molecule has 2 heterocycles. The maximum absolute atomic E-state index is 15.1. The number of phenols is 1. The van der Waals surface area contributed by atoms with Crippen LogP contribution in [0, 0.1) is 23.2 Å². The Hall–Kier alpha value is -5.79. The van der Waals surface area contributed by atoms with Gasteiger partial charge in [-0.05, 0) is 160 Å². The van der Waals surface area contributed by atoms with Crippen molar-refractivity contribution in [3.8, 4) is 5.75 Å². The molecule has 0 saturated heterocycles. The molecule has 1 amide bonds. The monoisotopic (exact) mass is 1070 g/mol. The van der Waals surface area contributed by atoms with Crippen molar-refractivity contribution < 1.29 is 45.3 Å². The number of nitrogens with zero attached hydrogens (tertiary/aromatic N) is 1. The number of hydrogen-bond acceptors (Lipinski definition) is 13. The minimum Gasteiger partial charge on any atom is -0.508 e. The van der Waals surface area contributed by atoms with Crippen LogP contribution in [-0.4, -0.2) is 109 Å². The molecule has 3 aromatic carbocycles. The number of carbonyl (C=O) groups is 2. The Labute approximate surface area is 460 Å². The normalized spacial score (nSPS) is 30.4. The van der Waals surface area contributed by atoms with Crippen molar-refractivity contribution >= 4 is 17.6 Å². The van der Waals surface area contributed by atoms with Gasteiger partial charge in [-0.3, -0.25) is 25.2 Å². The summed E-state index contributed by atoms with van der Waals surface area (Å²) in [5, 5.41) is 92.3. The fourth-order valence-corrected chi connectivity index (χ4v) is 13.2. The lowest BCUT2D eigenvalue weighted by atomic mass is 9.52. The number of carbonyl (C=O) groups excluding carboxylic acids is 2. The first-order chi connectivity index (χ1) is 37.0. The number of ketones is 1. The number of likely N-dealkylation sites (N-methyl/N-ethyl adjacent to an activating group) is 1. The quantitative estimate of drug-likeness (QED) is 0.0348. The minimum atomic E-state index is -1.43. The topological polar surface area (TPSA) is 302 Å². The van der Waals surface area contributed by atoms with Crippen molar-refractivity contribution in [1.29, 1.82) is 0 Å². The molecule has 2 aliphatic heterocycles. The maximum atomic E-state index is 15.1. The number of aliphatic hydroxyl groups excluding tert-OH is 4. The highest BCUT2D eigenvalue weighted by molar-refractivity contribution is 5.98. The number of β-amino-alcohol motifs (C(OH)–C–C–N with tert-alkyl or cyclic N) is 1. The molecule has 422 valence electrons. The molecule has 0 unspecified atom stereocenters. The third-order valence-corrected chi connectivity index (χ3v) is 17.5. The van der Waals surface area contributed by atoms with Gasteiger partial charge in [-0.2, -0.15) is 0 Å². The van der Waals surface area contributed by atoms with Crippen molar-refractivity contribution in [3.63, 3.8) is 0 Å². The van der Waals surface area contributed by atoms with Crippen LogP contribution in [0.1, 0.15) is 131 Å². The standard InChI is InChI=1S/C62H85N7O9/c1-7-68-62(78,28-23-36(2)3)37(4)11-8-15-43(35-70)47-25-27-61(56(47)75)51-22-21-45(72)30-39-12-9-13-40(29-39)31-49(50(33-67-59(64)65)41-17-19-44(71)20-18-41)53(74)34-66-55-54-42(14-10-16-48(54)57(63)69-58(55)76)32-52(73)38(5)46(51)24-26-60(61,6)77/h8-20,23,29,45,47,49-51,53,55-57,66,68,70-72,74-75,77-78H,4,7,21-22,24-28,30-35,63H2,1-3,5-6H3,(H,69,76)(H4,64,65,67)/b11-8+,43-15-,46-38+/t45-,47+,49+,50+,51+,53+,55+,56+,57+,60+,61+,62+/m0/s1. The first-order valence-electron chi connectivity index (χ1n) is 27.6. The first kappa shape index (κ1) is 59.9. The van der Waals surface area contributed by atoms with Gasteiger partial charge < -0.3 is 58.3 Å². The minimum absolute atomic E-state index is 0.0646. The van der Waals surface area contributed by atoms with Crippen LogP contribution in [0.2, 0.25) is 0 Å². The van der Waals surface area contributed by atoms with Crippen LogP contribution < -0.4 is 33.2 Å². The summed E-state index contributed by atoms with van der Waals surface area (Å²) in [6.07, 6.45) is 5.85. The highest BCUT2D eigenvalue weighted by Crippen LogP contribution is 2.63. The lowest BCUT2D eigenvalue weighted by molar-refractivity contribution is -0.168. The Morgan fingerprint density at radius 2 is 1.71 bits per heavy atom. The molecule has 2 bridgehead atoms. The number of benzene rings is 3. The van der Waals surface area contributed by atoms with E-state index in [4.69, 9.17) is 17.2 Å². The molecule has 4 aliphatic rings. The summed E-state index contributed by atoms with van der Waals surface area (Å²) in [7, 11) is 0. The fourth-order valence-electron chi connectivity index (χ4n) is 13.2. The molecule has 0 aromatic heterocycles. The fraction of sp³-hybridized carbons (Fsp3) is 0.500. The van der Waals surface area contributed by atoms with E-state index in [9.17, 15) is 40.5 Å². The summed E-state index contributed by atoms with van der Waals surface area (Å²) < 4.78 is 0. The Balaban J connectivity index is 1.31. The van der Waals surface area contributed by atoms with E-state index in [-0.39, 0.29) is 62.9 Å². The first-order valence-corrected chi connectivity index (χ1v) is 27.6. The third-order valence-electron chi connectivity index (χ3n) is 17.5. The number of phenolic OH excluding ortho intramolecular Hbond substituents is 1. The van der Waals surface area contributed by atoms with Crippen LogP contribution in [0.25, 0.3) is 0 Å². The molecule has 1 spiro atoms. The van der Waals surface area contributed by atoms with Crippen molar-refractivity contribution in [2.24, 2.45) is 45.4 Å². The zero-order chi connectivity index (χ0) is 56.7. The van der Waals surface area contributed by atoms with Gasteiger partial charge in [0.1, 0.15) is 23.7 Å². The molecule has 0 radical (unpaired) electrons. The van der Waals surface area contributed by atoms with Gasteiger partial charge >= 0.3 is 0 Å². The van der Waals surface area contributed by atoms with Gasteiger partial charge in [0.15, 0.2) is 11.7 Å². The Morgan fingerprint density at radius 1 is 1.00 bits per heavy atom. The summed E-state index contributed by atoms with van der Waals surface area (Å²) in [6, 6.07) is 18.9. The summed E-state index contributed by atoms with van der Waals surface area (Å²) in [5.74, 6) is -2.90.